The number of nitrogens with one attached hydrogen (secondary N) is 3. The minimum absolute atomic E-state index is 0.106. The lowest BCUT2D eigenvalue weighted by atomic mass is 10.1. The Bertz CT molecular complexity index is 1380. The summed E-state index contributed by atoms with van der Waals surface area (Å²) in [7, 11) is 0. The number of anilines is 1. The van der Waals surface area contributed by atoms with Gasteiger partial charge in [0, 0.05) is 35.8 Å². The number of fused-ring (bicyclic) bond motifs is 1. The van der Waals surface area contributed by atoms with E-state index in [0.29, 0.717) is 17.9 Å². The van der Waals surface area contributed by atoms with Crippen LogP contribution in [0.2, 0.25) is 0 Å². The van der Waals surface area contributed by atoms with Gasteiger partial charge in [0.1, 0.15) is 17.5 Å². The average Bonchev–Trinajstić information content (AvgIpc) is 3.43. The van der Waals surface area contributed by atoms with Crippen LogP contribution in [0, 0.1) is 0 Å². The number of nitrogens with zero attached hydrogens (tertiary/aromatic N) is 1. The van der Waals surface area contributed by atoms with Crippen molar-refractivity contribution in [2.24, 2.45) is 0 Å². The van der Waals surface area contributed by atoms with Gasteiger partial charge in [-0.05, 0) is 60.9 Å². The number of rotatable bonds is 9. The number of benzene rings is 3. The topological polar surface area (TPSA) is 104 Å². The minimum atomic E-state index is -0.701. The van der Waals surface area contributed by atoms with Gasteiger partial charge in [-0.2, -0.15) is 0 Å². The molecule has 0 bridgehead atoms. The van der Waals surface area contributed by atoms with E-state index in [9.17, 15) is 14.4 Å². The second-order valence-corrected chi connectivity index (χ2v) is 8.63. The van der Waals surface area contributed by atoms with E-state index in [1.807, 2.05) is 60.8 Å². The van der Waals surface area contributed by atoms with Crippen molar-refractivity contribution in [3.63, 3.8) is 0 Å². The van der Waals surface area contributed by atoms with Crippen LogP contribution in [0.4, 0.5) is 10.5 Å². The SMILES string of the molecule is O=C(CC[C@@H]1NC(=O)N(CCc2c[nH]c3ccccc23)C1=O)Nc1ccc(Oc2ccccc2)cc1. The van der Waals surface area contributed by atoms with E-state index in [0.717, 1.165) is 22.2 Å². The lowest BCUT2D eigenvalue weighted by Gasteiger charge is -2.13. The van der Waals surface area contributed by atoms with E-state index in [-0.39, 0.29) is 31.2 Å². The molecular formula is C28H26N4O4. The summed E-state index contributed by atoms with van der Waals surface area (Å²) < 4.78 is 5.75. The predicted molar refractivity (Wildman–Crippen MR) is 137 cm³/mol. The van der Waals surface area contributed by atoms with Crippen molar-refractivity contribution in [3.8, 4) is 11.5 Å². The average molecular weight is 483 g/mol. The number of imide groups is 1. The molecule has 4 aromatic rings. The quantitative estimate of drug-likeness (QED) is 0.297. The van der Waals surface area contributed by atoms with E-state index in [1.165, 1.54) is 4.90 Å². The first-order chi connectivity index (χ1) is 17.6. The molecule has 182 valence electrons. The van der Waals surface area contributed by atoms with Crippen molar-refractivity contribution in [1.29, 1.82) is 0 Å². The van der Waals surface area contributed by atoms with Gasteiger partial charge in [-0.1, -0.05) is 36.4 Å². The van der Waals surface area contributed by atoms with Crippen molar-refractivity contribution in [2.75, 3.05) is 11.9 Å². The van der Waals surface area contributed by atoms with Gasteiger partial charge in [-0.15, -0.1) is 0 Å². The third-order valence-corrected chi connectivity index (χ3v) is 6.16. The number of urea groups is 1. The number of hydrogen-bond acceptors (Lipinski definition) is 4. The van der Waals surface area contributed by atoms with Gasteiger partial charge >= 0.3 is 6.03 Å². The highest BCUT2D eigenvalue weighted by molar-refractivity contribution is 6.04. The molecule has 0 saturated carbocycles. The number of aromatic amines is 1. The molecule has 4 amide bonds. The minimum Gasteiger partial charge on any atom is -0.457 e. The molecular weight excluding hydrogens is 456 g/mol. The van der Waals surface area contributed by atoms with Crippen molar-refractivity contribution in [3.05, 3.63) is 90.6 Å². The fourth-order valence-corrected chi connectivity index (χ4v) is 4.28. The number of hydrogen-bond donors (Lipinski definition) is 3. The molecule has 3 aromatic carbocycles. The van der Waals surface area contributed by atoms with Crippen LogP contribution in [0.15, 0.2) is 85.1 Å². The zero-order valence-electron chi connectivity index (χ0n) is 19.6. The summed E-state index contributed by atoms with van der Waals surface area (Å²) in [5.41, 5.74) is 2.70. The van der Waals surface area contributed by atoms with E-state index >= 15 is 0 Å². The Morgan fingerprint density at radius 3 is 2.44 bits per heavy atom. The van der Waals surface area contributed by atoms with Crippen LogP contribution >= 0.6 is 0 Å². The lowest BCUT2D eigenvalue weighted by Crippen LogP contribution is -2.33. The predicted octanol–water partition coefficient (Wildman–Crippen LogP) is 4.84. The molecule has 8 heteroatoms. The van der Waals surface area contributed by atoms with Gasteiger partial charge in [0.25, 0.3) is 5.91 Å². The monoisotopic (exact) mass is 482 g/mol. The molecule has 0 radical (unpaired) electrons. The largest absolute Gasteiger partial charge is 0.457 e. The first kappa shape index (κ1) is 23.2. The number of para-hydroxylation sites is 2. The highest BCUT2D eigenvalue weighted by Crippen LogP contribution is 2.23. The molecule has 3 N–H and O–H groups in total. The summed E-state index contributed by atoms with van der Waals surface area (Å²) in [5, 5.41) is 6.60. The van der Waals surface area contributed by atoms with Crippen LogP contribution < -0.4 is 15.4 Å². The maximum absolute atomic E-state index is 12.8. The molecule has 0 spiro atoms. The number of carbonyl (C=O) groups excluding carboxylic acids is 3. The number of ether oxygens (including phenoxy) is 1. The molecule has 5 rings (SSSR count). The Morgan fingerprint density at radius 2 is 1.64 bits per heavy atom. The molecule has 1 fully saturated rings. The Morgan fingerprint density at radius 1 is 0.917 bits per heavy atom. The van der Waals surface area contributed by atoms with Gasteiger partial charge in [0.15, 0.2) is 0 Å². The van der Waals surface area contributed by atoms with Crippen LogP contribution in [0.5, 0.6) is 11.5 Å². The normalized spacial score (nSPS) is 15.2. The Hall–Kier alpha value is -4.59. The summed E-state index contributed by atoms with van der Waals surface area (Å²) >= 11 is 0. The van der Waals surface area contributed by atoms with Gasteiger partial charge < -0.3 is 20.4 Å². The lowest BCUT2D eigenvalue weighted by molar-refractivity contribution is -0.127. The van der Waals surface area contributed by atoms with Gasteiger partial charge in [0.2, 0.25) is 5.91 Å². The fraction of sp³-hybridized carbons (Fsp3) is 0.179. The van der Waals surface area contributed by atoms with Crippen molar-refractivity contribution >= 4 is 34.4 Å². The molecule has 8 nitrogen and oxygen atoms in total. The molecule has 0 unspecified atom stereocenters. The van der Waals surface area contributed by atoms with Crippen molar-refractivity contribution in [1.82, 2.24) is 15.2 Å². The van der Waals surface area contributed by atoms with Crippen LogP contribution in [-0.2, 0) is 16.0 Å². The van der Waals surface area contributed by atoms with Gasteiger partial charge in [-0.25, -0.2) is 4.79 Å². The van der Waals surface area contributed by atoms with Gasteiger partial charge in [0.05, 0.1) is 0 Å². The second kappa shape index (κ2) is 10.4. The highest BCUT2D eigenvalue weighted by atomic mass is 16.5. The summed E-state index contributed by atoms with van der Waals surface area (Å²) in [6.07, 6.45) is 2.80. The van der Waals surface area contributed by atoms with Crippen LogP contribution in [0.1, 0.15) is 18.4 Å². The molecule has 1 aliphatic heterocycles. The standard InChI is InChI=1S/C28H26N4O4/c33-26(30-20-10-12-22(13-11-20)36-21-6-2-1-3-7-21)15-14-25-27(34)32(28(35)31-25)17-16-19-18-29-24-9-5-4-8-23(19)24/h1-13,18,25,29H,14-17H2,(H,30,33)(H,31,35)/t25-/m0/s1. The summed E-state index contributed by atoms with van der Waals surface area (Å²) in [6.45, 7) is 0.284. The van der Waals surface area contributed by atoms with E-state index in [1.54, 1.807) is 24.3 Å². The van der Waals surface area contributed by atoms with E-state index in [4.69, 9.17) is 4.74 Å². The highest BCUT2D eigenvalue weighted by Gasteiger charge is 2.37. The summed E-state index contributed by atoms with van der Waals surface area (Å²) in [5.74, 6) is 0.861. The Balaban J connectivity index is 1.10. The van der Waals surface area contributed by atoms with Crippen LogP contribution in [0.25, 0.3) is 10.9 Å². The molecule has 1 aliphatic rings. The molecule has 1 aromatic heterocycles. The first-order valence-corrected chi connectivity index (χ1v) is 11.9. The Kier molecular flexibility index (Phi) is 6.66. The zero-order chi connectivity index (χ0) is 24.9. The van der Waals surface area contributed by atoms with E-state index in [2.05, 4.69) is 15.6 Å². The van der Waals surface area contributed by atoms with Crippen LogP contribution in [-0.4, -0.2) is 40.3 Å². The smallest absolute Gasteiger partial charge is 0.324 e. The molecule has 2 heterocycles. The summed E-state index contributed by atoms with van der Waals surface area (Å²) in [4.78, 5) is 42.1. The number of carbonyl (C=O) groups is 3. The molecule has 0 aliphatic carbocycles. The molecule has 1 saturated heterocycles. The third-order valence-electron chi connectivity index (χ3n) is 6.16. The number of amides is 4. The summed E-state index contributed by atoms with van der Waals surface area (Å²) in [6, 6.07) is 23.3. The second-order valence-electron chi connectivity index (χ2n) is 8.63. The Labute approximate surface area is 208 Å². The molecule has 1 atom stereocenters. The van der Waals surface area contributed by atoms with Crippen molar-refractivity contribution < 1.29 is 19.1 Å². The maximum atomic E-state index is 12.8. The van der Waals surface area contributed by atoms with Gasteiger partial charge in [-0.3, -0.25) is 14.5 Å². The van der Waals surface area contributed by atoms with Crippen LogP contribution in [0.3, 0.4) is 0 Å². The number of aromatic nitrogens is 1. The fourth-order valence-electron chi connectivity index (χ4n) is 4.28. The third kappa shape index (κ3) is 5.22. The van der Waals surface area contributed by atoms with E-state index < -0.39 is 12.1 Å². The molecule has 36 heavy (non-hydrogen) atoms. The number of H-pyrrole nitrogens is 1. The maximum Gasteiger partial charge on any atom is 0.324 e. The zero-order valence-corrected chi connectivity index (χ0v) is 19.6. The first-order valence-electron chi connectivity index (χ1n) is 11.9. The van der Waals surface area contributed by atoms with Crippen molar-refractivity contribution in [2.45, 2.75) is 25.3 Å².